The number of carbonyl (C=O) groups is 2. The van der Waals surface area contributed by atoms with E-state index in [0.29, 0.717) is 9.57 Å². The molecule has 1 aromatic heterocycles. The summed E-state index contributed by atoms with van der Waals surface area (Å²) in [4.78, 5) is 27.6. The standard InChI is InChI=1S/C16H13BrN2O4S3/c1-8(5-9-14(22)19(7-13(20)21)16(24)26-9)3-4-12-18(2)15-10(25-12)6-11(17)23-15/h3-6H,7H2,1-2H3,(H,20,21). The predicted octanol–water partition coefficient (Wildman–Crippen LogP) is 4.20. The van der Waals surface area contributed by atoms with Gasteiger partial charge in [0.05, 0.1) is 14.8 Å². The number of fused-ring (bicyclic) bond motifs is 1. The zero-order chi connectivity index (χ0) is 19.0. The molecule has 0 aromatic carbocycles. The number of carboxylic acid groups (broad SMARTS) is 1. The first-order chi connectivity index (χ1) is 12.3. The first kappa shape index (κ1) is 19.3. The molecule has 2 aliphatic rings. The Bertz CT molecular complexity index is 903. The Morgan fingerprint density at radius 3 is 2.85 bits per heavy atom. The minimum absolute atomic E-state index is 0.260. The molecule has 0 bridgehead atoms. The number of hydrogen-bond acceptors (Lipinski definition) is 7. The molecule has 0 aliphatic carbocycles. The molecule has 0 unspecified atom stereocenters. The number of thioether (sulfide) groups is 2. The highest BCUT2D eigenvalue weighted by Gasteiger charge is 2.33. The summed E-state index contributed by atoms with van der Waals surface area (Å²) in [5.74, 6) is -0.683. The molecule has 1 saturated heterocycles. The van der Waals surface area contributed by atoms with Crippen LogP contribution in [0.25, 0.3) is 0 Å². The third-order valence-corrected chi connectivity index (χ3v) is 6.41. The molecule has 1 aromatic rings. The van der Waals surface area contributed by atoms with Gasteiger partial charge in [-0.1, -0.05) is 41.8 Å². The van der Waals surface area contributed by atoms with Gasteiger partial charge in [-0.2, -0.15) is 0 Å². The van der Waals surface area contributed by atoms with Crippen molar-refractivity contribution < 1.29 is 19.1 Å². The maximum Gasteiger partial charge on any atom is 0.323 e. The van der Waals surface area contributed by atoms with Crippen molar-refractivity contribution in [2.24, 2.45) is 0 Å². The van der Waals surface area contributed by atoms with E-state index in [-0.39, 0.29) is 10.2 Å². The number of amides is 1. The van der Waals surface area contributed by atoms with E-state index in [2.05, 4.69) is 15.9 Å². The van der Waals surface area contributed by atoms with E-state index in [4.69, 9.17) is 21.7 Å². The summed E-state index contributed by atoms with van der Waals surface area (Å²) in [6, 6.07) is 1.92. The van der Waals surface area contributed by atoms with E-state index in [1.165, 1.54) is 0 Å². The maximum absolute atomic E-state index is 12.3. The van der Waals surface area contributed by atoms with Gasteiger partial charge in [0, 0.05) is 13.1 Å². The van der Waals surface area contributed by atoms with Gasteiger partial charge in [-0.25, -0.2) is 0 Å². The van der Waals surface area contributed by atoms with E-state index >= 15 is 0 Å². The summed E-state index contributed by atoms with van der Waals surface area (Å²) < 4.78 is 6.54. The van der Waals surface area contributed by atoms with Gasteiger partial charge >= 0.3 is 5.97 Å². The molecule has 1 amide bonds. The lowest BCUT2D eigenvalue weighted by atomic mass is 10.2. The third kappa shape index (κ3) is 3.93. The molecule has 1 fully saturated rings. The summed E-state index contributed by atoms with van der Waals surface area (Å²) in [7, 11) is 1.92. The van der Waals surface area contributed by atoms with Gasteiger partial charge in [-0.15, -0.1) is 0 Å². The second-order valence-electron chi connectivity index (χ2n) is 5.46. The normalized spacial score (nSPS) is 20.7. The zero-order valence-electron chi connectivity index (χ0n) is 13.7. The number of rotatable bonds is 4. The Morgan fingerprint density at radius 2 is 2.19 bits per heavy atom. The second kappa shape index (κ2) is 7.63. The molecule has 2 aliphatic heterocycles. The first-order valence-corrected chi connectivity index (χ1v) is 10.2. The molecule has 0 spiro atoms. The summed E-state index contributed by atoms with van der Waals surface area (Å²) >= 11 is 11.1. The molecule has 26 heavy (non-hydrogen) atoms. The molecular formula is C16H13BrN2O4S3. The van der Waals surface area contributed by atoms with Crippen LogP contribution in [0.4, 0.5) is 5.88 Å². The van der Waals surface area contributed by atoms with Crippen LogP contribution in [0.2, 0.25) is 0 Å². The zero-order valence-corrected chi connectivity index (χ0v) is 17.7. The Morgan fingerprint density at radius 1 is 1.46 bits per heavy atom. The highest BCUT2D eigenvalue weighted by atomic mass is 79.9. The fourth-order valence-corrected chi connectivity index (χ4v) is 5.15. The average Bonchev–Trinajstić information content (AvgIpc) is 3.14. The number of allylic oxidation sites excluding steroid dienone is 4. The van der Waals surface area contributed by atoms with Crippen LogP contribution in [0.3, 0.4) is 0 Å². The van der Waals surface area contributed by atoms with Crippen LogP contribution in [-0.4, -0.2) is 39.8 Å². The van der Waals surface area contributed by atoms with Crippen molar-refractivity contribution in [2.75, 3.05) is 18.5 Å². The van der Waals surface area contributed by atoms with Gasteiger partial charge in [-0.3, -0.25) is 14.5 Å². The molecule has 3 heterocycles. The van der Waals surface area contributed by atoms with Crippen molar-refractivity contribution in [3.8, 4) is 0 Å². The molecule has 0 radical (unpaired) electrons. The maximum atomic E-state index is 12.3. The smallest absolute Gasteiger partial charge is 0.323 e. The van der Waals surface area contributed by atoms with Crippen LogP contribution in [-0.2, 0) is 9.59 Å². The van der Waals surface area contributed by atoms with Crippen LogP contribution < -0.4 is 4.90 Å². The minimum Gasteiger partial charge on any atom is -0.480 e. The number of furan rings is 1. The number of carboxylic acids is 1. The Balaban J connectivity index is 1.74. The van der Waals surface area contributed by atoms with Gasteiger partial charge in [0.1, 0.15) is 10.9 Å². The van der Waals surface area contributed by atoms with Crippen molar-refractivity contribution in [1.82, 2.24) is 4.90 Å². The monoisotopic (exact) mass is 472 g/mol. The van der Waals surface area contributed by atoms with Gasteiger partial charge in [-0.05, 0) is 40.6 Å². The Labute approximate surface area is 172 Å². The SMILES string of the molecule is CC(=CC=C1Sc2cc(Br)oc2N1C)C=C1SC(=S)N(CC(=O)O)C1=O. The fraction of sp³-hybridized carbons (Fsp3) is 0.188. The van der Waals surface area contributed by atoms with E-state index in [1.807, 2.05) is 37.1 Å². The van der Waals surface area contributed by atoms with Gasteiger partial charge < -0.3 is 14.4 Å². The lowest BCUT2D eigenvalue weighted by Gasteiger charge is -2.10. The summed E-state index contributed by atoms with van der Waals surface area (Å²) in [5.41, 5.74) is 0.854. The summed E-state index contributed by atoms with van der Waals surface area (Å²) in [6.45, 7) is 1.45. The molecular weight excluding hydrogens is 460 g/mol. The number of hydrogen-bond donors (Lipinski definition) is 1. The quantitative estimate of drug-likeness (QED) is 0.516. The number of anilines is 1. The highest BCUT2D eigenvalue weighted by molar-refractivity contribution is 9.10. The van der Waals surface area contributed by atoms with Crippen molar-refractivity contribution in [3.63, 3.8) is 0 Å². The fourth-order valence-electron chi connectivity index (χ4n) is 2.30. The van der Waals surface area contributed by atoms with Crippen molar-refractivity contribution >= 4 is 73.8 Å². The molecule has 6 nitrogen and oxygen atoms in total. The lowest BCUT2D eigenvalue weighted by molar-refractivity contribution is -0.140. The molecule has 1 N–H and O–H groups in total. The van der Waals surface area contributed by atoms with Crippen LogP contribution in [0.15, 0.2) is 53.8 Å². The Hall–Kier alpha value is -1.49. The van der Waals surface area contributed by atoms with E-state index in [1.54, 1.807) is 17.8 Å². The number of nitrogens with zero attached hydrogens (tertiary/aromatic N) is 2. The van der Waals surface area contributed by atoms with Crippen LogP contribution in [0, 0.1) is 0 Å². The van der Waals surface area contributed by atoms with Crippen LogP contribution in [0.1, 0.15) is 6.92 Å². The number of thiocarbonyl (C=S) groups is 1. The molecule has 3 rings (SSSR count). The summed E-state index contributed by atoms with van der Waals surface area (Å²) in [5, 5.41) is 9.86. The second-order valence-corrected chi connectivity index (χ2v) is 8.98. The third-order valence-electron chi connectivity index (χ3n) is 3.51. The van der Waals surface area contributed by atoms with Crippen molar-refractivity contribution in [3.05, 3.63) is 44.5 Å². The highest BCUT2D eigenvalue weighted by Crippen LogP contribution is 2.47. The first-order valence-electron chi connectivity index (χ1n) is 7.33. The average molecular weight is 473 g/mol. The van der Waals surface area contributed by atoms with Gasteiger partial charge in [0.15, 0.2) is 4.67 Å². The van der Waals surface area contributed by atoms with Gasteiger partial charge in [0.25, 0.3) is 5.91 Å². The van der Waals surface area contributed by atoms with Crippen molar-refractivity contribution in [2.45, 2.75) is 11.8 Å². The molecule has 0 atom stereocenters. The van der Waals surface area contributed by atoms with Gasteiger partial charge in [0.2, 0.25) is 5.88 Å². The van der Waals surface area contributed by atoms with Crippen molar-refractivity contribution in [1.29, 1.82) is 0 Å². The van der Waals surface area contributed by atoms with E-state index in [0.717, 1.165) is 38.0 Å². The van der Waals surface area contributed by atoms with E-state index < -0.39 is 12.5 Å². The summed E-state index contributed by atoms with van der Waals surface area (Å²) in [6.07, 6.45) is 5.55. The lowest BCUT2D eigenvalue weighted by Crippen LogP contribution is -2.33. The number of carbonyl (C=O) groups excluding carboxylic acids is 1. The molecule has 10 heteroatoms. The topological polar surface area (TPSA) is 74.0 Å². The van der Waals surface area contributed by atoms with E-state index in [9.17, 15) is 9.59 Å². The van der Waals surface area contributed by atoms with Crippen LogP contribution >= 0.6 is 51.7 Å². The largest absolute Gasteiger partial charge is 0.480 e. The Kier molecular flexibility index (Phi) is 5.66. The number of aliphatic carboxylic acids is 1. The number of halogens is 1. The van der Waals surface area contributed by atoms with Crippen LogP contribution in [0.5, 0.6) is 0 Å². The predicted molar refractivity (Wildman–Crippen MR) is 110 cm³/mol. The molecule has 0 saturated carbocycles. The molecule has 136 valence electrons. The minimum atomic E-state index is -1.09.